The van der Waals surface area contributed by atoms with Crippen LogP contribution < -0.4 is 18.9 Å². The molecule has 0 aromatic heterocycles. The van der Waals surface area contributed by atoms with Crippen LogP contribution in [0.3, 0.4) is 0 Å². The van der Waals surface area contributed by atoms with Crippen LogP contribution >= 0.6 is 0 Å². The molecule has 0 fully saturated rings. The lowest BCUT2D eigenvalue weighted by molar-refractivity contribution is -0.106. The van der Waals surface area contributed by atoms with E-state index in [0.29, 0.717) is 49.1 Å². The lowest BCUT2D eigenvalue weighted by Gasteiger charge is -2.30. The third-order valence-corrected chi connectivity index (χ3v) is 6.22. The van der Waals surface area contributed by atoms with E-state index in [1.807, 2.05) is 64.1 Å². The molecular weight excluding hydrogens is 524 g/mol. The van der Waals surface area contributed by atoms with Crippen LogP contribution in [0, 0.1) is 0 Å². The third kappa shape index (κ3) is 11.4. The highest BCUT2D eigenvalue weighted by Gasteiger charge is 2.31. The molecule has 2 rings (SSSR count). The Morgan fingerprint density at radius 3 is 1.41 bits per heavy atom. The standard InChI is InChI=1S/C33H48O8/c1-9-31(34)38-17-15-36-29-19-25(40-21-23(3)4)11-13-27(29)33(7,8)28-14-12-26(41-22-24(5)6)20-30(28)37-16-18-39-32(35)10-2/h11-14,19-20,31-32,34-35H,3,5,9-10,15-18,21-22H2,1-2,4,6-8H3. The van der Waals surface area contributed by atoms with Crippen molar-refractivity contribution < 1.29 is 38.6 Å². The lowest BCUT2D eigenvalue weighted by atomic mass is 9.77. The Labute approximate surface area is 245 Å². The zero-order valence-corrected chi connectivity index (χ0v) is 25.5. The van der Waals surface area contributed by atoms with E-state index in [0.717, 1.165) is 22.3 Å². The van der Waals surface area contributed by atoms with Crippen molar-refractivity contribution in [3.8, 4) is 23.0 Å². The zero-order valence-electron chi connectivity index (χ0n) is 25.5. The molecule has 0 radical (unpaired) electrons. The molecule has 41 heavy (non-hydrogen) atoms. The maximum atomic E-state index is 9.75. The van der Waals surface area contributed by atoms with Crippen LogP contribution in [0.2, 0.25) is 0 Å². The van der Waals surface area contributed by atoms with E-state index in [-0.39, 0.29) is 26.4 Å². The minimum atomic E-state index is -0.826. The maximum Gasteiger partial charge on any atom is 0.154 e. The average Bonchev–Trinajstić information content (AvgIpc) is 2.94. The topological polar surface area (TPSA) is 95.8 Å². The van der Waals surface area contributed by atoms with Gasteiger partial charge in [0.05, 0.1) is 13.2 Å². The fraction of sp³-hybridized carbons (Fsp3) is 0.515. The fourth-order valence-corrected chi connectivity index (χ4v) is 3.92. The SMILES string of the molecule is C=C(C)COc1ccc(C(C)(C)c2ccc(OCC(=C)C)cc2OCCOC(O)CC)c(OCCOC(O)CC)c1. The number of aliphatic hydroxyl groups excluding tert-OH is 2. The van der Waals surface area contributed by atoms with Crippen LogP contribution in [0.1, 0.15) is 65.5 Å². The minimum absolute atomic E-state index is 0.235. The van der Waals surface area contributed by atoms with Gasteiger partial charge >= 0.3 is 0 Å². The van der Waals surface area contributed by atoms with Gasteiger partial charge in [0, 0.05) is 28.7 Å². The van der Waals surface area contributed by atoms with Crippen LogP contribution in [-0.4, -0.2) is 62.4 Å². The van der Waals surface area contributed by atoms with Gasteiger partial charge in [-0.25, -0.2) is 0 Å². The largest absolute Gasteiger partial charge is 0.491 e. The van der Waals surface area contributed by atoms with Gasteiger partial charge in [0.15, 0.2) is 12.6 Å². The first-order chi connectivity index (χ1) is 19.5. The van der Waals surface area contributed by atoms with Crippen molar-refractivity contribution in [2.75, 3.05) is 39.6 Å². The van der Waals surface area contributed by atoms with Crippen molar-refractivity contribution in [1.29, 1.82) is 0 Å². The smallest absolute Gasteiger partial charge is 0.154 e. The Kier molecular flexibility index (Phi) is 14.2. The molecule has 8 heteroatoms. The Morgan fingerprint density at radius 2 is 1.07 bits per heavy atom. The van der Waals surface area contributed by atoms with Crippen LogP contribution in [0.4, 0.5) is 0 Å². The highest BCUT2D eigenvalue weighted by molar-refractivity contribution is 5.54. The van der Waals surface area contributed by atoms with Gasteiger partial charge in [0.2, 0.25) is 0 Å². The van der Waals surface area contributed by atoms with Gasteiger partial charge in [-0.05, 0) is 50.0 Å². The summed E-state index contributed by atoms with van der Waals surface area (Å²) in [5.41, 5.74) is 3.07. The van der Waals surface area contributed by atoms with Crippen LogP contribution in [0.5, 0.6) is 23.0 Å². The van der Waals surface area contributed by atoms with E-state index in [2.05, 4.69) is 27.0 Å². The number of ether oxygens (including phenoxy) is 6. The van der Waals surface area contributed by atoms with Crippen LogP contribution in [0.25, 0.3) is 0 Å². The van der Waals surface area contributed by atoms with Crippen molar-refractivity contribution in [3.05, 3.63) is 71.8 Å². The molecule has 2 aromatic rings. The molecule has 8 nitrogen and oxygen atoms in total. The molecule has 0 aliphatic rings. The number of rotatable bonds is 20. The predicted molar refractivity (Wildman–Crippen MR) is 161 cm³/mol. The molecule has 0 aliphatic carbocycles. The van der Waals surface area contributed by atoms with Gasteiger partial charge in [-0.1, -0.05) is 53.0 Å². The summed E-state index contributed by atoms with van der Waals surface area (Å²) in [6.07, 6.45) is -0.653. The van der Waals surface area contributed by atoms with Crippen molar-refractivity contribution >= 4 is 0 Å². The Morgan fingerprint density at radius 1 is 0.683 bits per heavy atom. The summed E-state index contributed by atoms with van der Waals surface area (Å²) in [5.74, 6) is 2.57. The number of aliphatic hydroxyl groups is 2. The molecule has 0 spiro atoms. The van der Waals surface area contributed by atoms with E-state index in [4.69, 9.17) is 28.4 Å². The van der Waals surface area contributed by atoms with Crippen LogP contribution in [0.15, 0.2) is 60.7 Å². The van der Waals surface area contributed by atoms with Crippen molar-refractivity contribution in [2.24, 2.45) is 0 Å². The van der Waals surface area contributed by atoms with Crippen molar-refractivity contribution in [1.82, 2.24) is 0 Å². The first-order valence-electron chi connectivity index (χ1n) is 14.2. The summed E-state index contributed by atoms with van der Waals surface area (Å²) in [7, 11) is 0. The quantitative estimate of drug-likeness (QED) is 0.111. The van der Waals surface area contributed by atoms with E-state index < -0.39 is 18.0 Å². The number of benzene rings is 2. The fourth-order valence-electron chi connectivity index (χ4n) is 3.92. The van der Waals surface area contributed by atoms with E-state index in [9.17, 15) is 10.2 Å². The summed E-state index contributed by atoms with van der Waals surface area (Å²) in [6, 6.07) is 11.5. The molecular formula is C33H48O8. The van der Waals surface area contributed by atoms with Gasteiger partial charge in [0.1, 0.15) is 49.4 Å². The number of hydrogen-bond donors (Lipinski definition) is 2. The highest BCUT2D eigenvalue weighted by Crippen LogP contribution is 2.43. The van der Waals surface area contributed by atoms with E-state index >= 15 is 0 Å². The summed E-state index contributed by atoms with van der Waals surface area (Å²) in [5, 5.41) is 19.5. The second-order valence-corrected chi connectivity index (χ2v) is 10.6. The maximum absolute atomic E-state index is 9.75. The van der Waals surface area contributed by atoms with Gasteiger partial charge < -0.3 is 38.6 Å². The minimum Gasteiger partial charge on any atom is -0.491 e. The highest BCUT2D eigenvalue weighted by atomic mass is 16.6. The first kappa shape index (κ1) is 34.2. The summed E-state index contributed by atoms with van der Waals surface area (Å²) in [6.45, 7) is 21.3. The summed E-state index contributed by atoms with van der Waals surface area (Å²) >= 11 is 0. The van der Waals surface area contributed by atoms with Gasteiger partial charge in [-0.3, -0.25) is 0 Å². The molecule has 228 valence electrons. The molecule has 0 saturated carbocycles. The molecule has 0 heterocycles. The van der Waals surface area contributed by atoms with Crippen molar-refractivity contribution in [2.45, 2.75) is 72.4 Å². The van der Waals surface area contributed by atoms with Gasteiger partial charge in [-0.15, -0.1) is 0 Å². The zero-order chi connectivity index (χ0) is 30.4. The predicted octanol–water partition coefficient (Wildman–Crippen LogP) is 6.17. The van der Waals surface area contributed by atoms with Gasteiger partial charge in [-0.2, -0.15) is 0 Å². The molecule has 2 N–H and O–H groups in total. The Balaban J connectivity index is 2.42. The molecule has 0 bridgehead atoms. The molecule has 2 atom stereocenters. The monoisotopic (exact) mass is 572 g/mol. The van der Waals surface area contributed by atoms with Gasteiger partial charge in [0.25, 0.3) is 0 Å². The molecule has 2 aromatic carbocycles. The Hall–Kier alpha value is -3.04. The lowest BCUT2D eigenvalue weighted by Crippen LogP contribution is -2.23. The third-order valence-electron chi connectivity index (χ3n) is 6.22. The molecule has 0 amide bonds. The van der Waals surface area contributed by atoms with Crippen molar-refractivity contribution in [3.63, 3.8) is 0 Å². The first-order valence-corrected chi connectivity index (χ1v) is 14.2. The second kappa shape index (κ2) is 17.0. The average molecular weight is 573 g/mol. The summed E-state index contributed by atoms with van der Waals surface area (Å²) < 4.78 is 35.0. The van der Waals surface area contributed by atoms with E-state index in [1.54, 1.807) is 0 Å². The number of hydrogen-bond acceptors (Lipinski definition) is 8. The Bertz CT molecular complexity index is 1020. The molecule has 0 aliphatic heterocycles. The summed E-state index contributed by atoms with van der Waals surface area (Å²) in [4.78, 5) is 0. The molecule has 0 saturated heterocycles. The van der Waals surface area contributed by atoms with Crippen LogP contribution in [-0.2, 0) is 14.9 Å². The van der Waals surface area contributed by atoms with E-state index in [1.165, 1.54) is 0 Å². The molecule has 2 unspecified atom stereocenters. The normalized spacial score (nSPS) is 12.9. The second-order valence-electron chi connectivity index (χ2n) is 10.6.